The van der Waals surface area contributed by atoms with E-state index in [1.54, 1.807) is 0 Å². The van der Waals surface area contributed by atoms with Crippen LogP contribution in [0.2, 0.25) is 0 Å². The predicted octanol–water partition coefficient (Wildman–Crippen LogP) is 2.26. The first-order valence-electron chi connectivity index (χ1n) is 5.64. The second-order valence-corrected chi connectivity index (χ2v) is 4.08. The van der Waals surface area contributed by atoms with Gasteiger partial charge in [-0.05, 0) is 32.0 Å². The molecule has 0 saturated carbocycles. The monoisotopic (exact) mass is 215 g/mol. The van der Waals surface area contributed by atoms with E-state index in [9.17, 15) is 0 Å². The van der Waals surface area contributed by atoms with E-state index in [4.69, 9.17) is 0 Å². The summed E-state index contributed by atoms with van der Waals surface area (Å²) in [4.78, 5) is 10.9. The van der Waals surface area contributed by atoms with Crippen LogP contribution in [-0.2, 0) is 6.54 Å². The normalized spacial score (nSPS) is 15.2. The standard InChI is InChI=1S/C13H17N3/c1-16(10-12-6-2-4-8-14-12)11-13-7-3-5-9-15-13/h2,4,6-9H,3,5,10-11H2,1H3. The maximum atomic E-state index is 4.39. The first-order valence-corrected chi connectivity index (χ1v) is 5.64. The van der Waals surface area contributed by atoms with Crippen LogP contribution in [0.3, 0.4) is 0 Å². The molecule has 1 aliphatic rings. The van der Waals surface area contributed by atoms with E-state index >= 15 is 0 Å². The third-order valence-corrected chi connectivity index (χ3v) is 2.52. The van der Waals surface area contributed by atoms with E-state index in [-0.39, 0.29) is 0 Å². The van der Waals surface area contributed by atoms with Gasteiger partial charge in [0.15, 0.2) is 0 Å². The molecule has 84 valence electrons. The minimum atomic E-state index is 0.869. The van der Waals surface area contributed by atoms with Gasteiger partial charge in [0.25, 0.3) is 0 Å². The molecule has 0 saturated heterocycles. The van der Waals surface area contributed by atoms with Crippen molar-refractivity contribution in [3.8, 4) is 0 Å². The zero-order chi connectivity index (χ0) is 11.2. The maximum Gasteiger partial charge on any atom is 0.0543 e. The first-order chi connectivity index (χ1) is 7.84. The molecule has 0 radical (unpaired) electrons. The summed E-state index contributed by atoms with van der Waals surface area (Å²) >= 11 is 0. The highest BCUT2D eigenvalue weighted by atomic mass is 15.1. The van der Waals surface area contributed by atoms with Gasteiger partial charge in [0.2, 0.25) is 0 Å². The van der Waals surface area contributed by atoms with E-state index in [0.717, 1.165) is 31.6 Å². The van der Waals surface area contributed by atoms with Crippen LogP contribution in [-0.4, -0.2) is 29.7 Å². The molecular formula is C13H17N3. The fraction of sp³-hybridized carbons (Fsp3) is 0.385. The molecule has 16 heavy (non-hydrogen) atoms. The van der Waals surface area contributed by atoms with Crippen LogP contribution in [0.4, 0.5) is 0 Å². The van der Waals surface area contributed by atoms with Crippen molar-refractivity contribution in [2.75, 3.05) is 13.6 Å². The summed E-state index contributed by atoms with van der Waals surface area (Å²) in [6.45, 7) is 1.76. The van der Waals surface area contributed by atoms with Gasteiger partial charge in [-0.2, -0.15) is 0 Å². The summed E-state index contributed by atoms with van der Waals surface area (Å²) in [6, 6.07) is 6.01. The van der Waals surface area contributed by atoms with Crippen molar-refractivity contribution >= 4 is 6.21 Å². The molecule has 0 aromatic carbocycles. The lowest BCUT2D eigenvalue weighted by molar-refractivity contribution is 0.349. The summed E-state index contributed by atoms with van der Waals surface area (Å²) in [5.41, 5.74) is 2.27. The number of allylic oxidation sites excluding steroid dienone is 1. The molecule has 0 aliphatic carbocycles. The van der Waals surface area contributed by atoms with Gasteiger partial charge in [-0.25, -0.2) is 0 Å². The van der Waals surface area contributed by atoms with Crippen LogP contribution >= 0.6 is 0 Å². The van der Waals surface area contributed by atoms with E-state index in [0.29, 0.717) is 0 Å². The number of hydrogen-bond donors (Lipinski definition) is 0. The molecular weight excluding hydrogens is 198 g/mol. The van der Waals surface area contributed by atoms with Gasteiger partial charge >= 0.3 is 0 Å². The average molecular weight is 215 g/mol. The smallest absolute Gasteiger partial charge is 0.0543 e. The summed E-state index contributed by atoms with van der Waals surface area (Å²) < 4.78 is 0. The fourth-order valence-corrected chi connectivity index (χ4v) is 1.77. The van der Waals surface area contributed by atoms with Crippen molar-refractivity contribution in [3.05, 3.63) is 41.9 Å². The van der Waals surface area contributed by atoms with Crippen LogP contribution in [0, 0.1) is 0 Å². The molecule has 1 aromatic heterocycles. The fourth-order valence-electron chi connectivity index (χ4n) is 1.77. The van der Waals surface area contributed by atoms with Crippen LogP contribution in [0.25, 0.3) is 0 Å². The van der Waals surface area contributed by atoms with Gasteiger partial charge in [0.1, 0.15) is 0 Å². The number of rotatable bonds is 4. The van der Waals surface area contributed by atoms with Crippen molar-refractivity contribution in [3.63, 3.8) is 0 Å². The Kier molecular flexibility index (Phi) is 3.83. The quantitative estimate of drug-likeness (QED) is 0.770. The average Bonchev–Trinajstić information content (AvgIpc) is 2.31. The van der Waals surface area contributed by atoms with Crippen molar-refractivity contribution in [2.45, 2.75) is 19.4 Å². The van der Waals surface area contributed by atoms with Crippen LogP contribution in [0.15, 0.2) is 41.2 Å². The number of nitrogens with zero attached hydrogens (tertiary/aromatic N) is 3. The topological polar surface area (TPSA) is 28.5 Å². The van der Waals surface area contributed by atoms with Gasteiger partial charge in [-0.15, -0.1) is 0 Å². The molecule has 3 nitrogen and oxygen atoms in total. The van der Waals surface area contributed by atoms with E-state index < -0.39 is 0 Å². The van der Waals surface area contributed by atoms with Crippen molar-refractivity contribution in [1.82, 2.24) is 9.88 Å². The largest absolute Gasteiger partial charge is 0.295 e. The van der Waals surface area contributed by atoms with Crippen LogP contribution in [0.1, 0.15) is 18.5 Å². The summed E-state index contributed by atoms with van der Waals surface area (Å²) in [5.74, 6) is 0. The molecule has 3 heteroatoms. The summed E-state index contributed by atoms with van der Waals surface area (Å²) in [6.07, 6.45) is 8.25. The maximum absolute atomic E-state index is 4.39. The third kappa shape index (κ3) is 3.28. The van der Waals surface area contributed by atoms with E-state index in [1.165, 1.54) is 5.70 Å². The molecule has 1 aromatic rings. The molecule has 1 aliphatic heterocycles. The molecule has 0 unspecified atom stereocenters. The lowest BCUT2D eigenvalue weighted by Gasteiger charge is -2.17. The van der Waals surface area contributed by atoms with Crippen molar-refractivity contribution in [2.24, 2.45) is 4.99 Å². The first kappa shape index (κ1) is 11.0. The predicted molar refractivity (Wildman–Crippen MR) is 66.4 cm³/mol. The van der Waals surface area contributed by atoms with Crippen LogP contribution in [0.5, 0.6) is 0 Å². The molecule has 2 heterocycles. The summed E-state index contributed by atoms with van der Waals surface area (Å²) in [5, 5.41) is 0. The molecule has 0 fully saturated rings. The highest BCUT2D eigenvalue weighted by Gasteiger charge is 2.05. The Morgan fingerprint density at radius 2 is 2.19 bits per heavy atom. The third-order valence-electron chi connectivity index (χ3n) is 2.52. The Morgan fingerprint density at radius 1 is 1.25 bits per heavy atom. The van der Waals surface area contributed by atoms with Gasteiger partial charge < -0.3 is 0 Å². The second kappa shape index (κ2) is 5.56. The minimum absolute atomic E-state index is 0.869. The van der Waals surface area contributed by atoms with E-state index in [1.807, 2.05) is 24.5 Å². The SMILES string of the molecule is CN(CC1=CCCC=N1)Cc1ccccn1. The zero-order valence-corrected chi connectivity index (χ0v) is 9.63. The second-order valence-electron chi connectivity index (χ2n) is 4.08. The zero-order valence-electron chi connectivity index (χ0n) is 9.63. The Morgan fingerprint density at radius 3 is 2.88 bits per heavy atom. The highest BCUT2D eigenvalue weighted by molar-refractivity contribution is 5.60. The Labute approximate surface area is 96.5 Å². The molecule has 0 atom stereocenters. The Hall–Kier alpha value is -1.48. The van der Waals surface area contributed by atoms with E-state index in [2.05, 4.69) is 34.1 Å². The number of likely N-dealkylation sites (N-methyl/N-ethyl adjacent to an activating group) is 1. The van der Waals surface area contributed by atoms with Gasteiger partial charge in [0.05, 0.1) is 5.69 Å². The lowest BCUT2D eigenvalue weighted by atomic mass is 10.2. The Balaban J connectivity index is 1.87. The molecule has 0 spiro atoms. The van der Waals surface area contributed by atoms with Crippen molar-refractivity contribution in [1.29, 1.82) is 0 Å². The molecule has 2 rings (SSSR count). The number of hydrogen-bond acceptors (Lipinski definition) is 3. The van der Waals surface area contributed by atoms with Crippen molar-refractivity contribution < 1.29 is 0 Å². The summed E-state index contributed by atoms with van der Waals surface area (Å²) in [7, 11) is 2.10. The minimum Gasteiger partial charge on any atom is -0.295 e. The number of aromatic nitrogens is 1. The lowest BCUT2D eigenvalue weighted by Crippen LogP contribution is -2.21. The van der Waals surface area contributed by atoms with Crippen LogP contribution < -0.4 is 0 Å². The highest BCUT2D eigenvalue weighted by Crippen LogP contribution is 2.09. The molecule has 0 amide bonds. The molecule has 0 bridgehead atoms. The van der Waals surface area contributed by atoms with Gasteiger partial charge in [0, 0.05) is 31.2 Å². The van der Waals surface area contributed by atoms with Gasteiger partial charge in [-0.3, -0.25) is 14.9 Å². The number of pyridine rings is 1. The molecule has 0 N–H and O–H groups in total. The number of aliphatic imine (C=N–C) groups is 1. The van der Waals surface area contributed by atoms with Gasteiger partial charge in [-0.1, -0.05) is 12.1 Å². The Bertz CT molecular complexity index is 381.